The molecule has 0 bridgehead atoms. The Morgan fingerprint density at radius 1 is 1.07 bits per heavy atom. The van der Waals surface area contributed by atoms with Crippen molar-refractivity contribution in [1.82, 2.24) is 4.90 Å². The van der Waals surface area contributed by atoms with Crippen LogP contribution in [0, 0.1) is 0 Å². The lowest BCUT2D eigenvalue weighted by Gasteiger charge is -2.35. The molecule has 0 radical (unpaired) electrons. The highest BCUT2D eigenvalue weighted by Crippen LogP contribution is 2.43. The molecule has 0 spiro atoms. The summed E-state index contributed by atoms with van der Waals surface area (Å²) in [6.45, 7) is 14.0. The van der Waals surface area contributed by atoms with Gasteiger partial charge in [0.1, 0.15) is 34.2 Å². The molecule has 0 saturated heterocycles. The number of hydrogen-bond donors (Lipinski definition) is 1. The van der Waals surface area contributed by atoms with Crippen LogP contribution in [0.15, 0.2) is 42.5 Å². The number of rotatable bonds is 14. The van der Waals surface area contributed by atoms with Crippen molar-refractivity contribution < 1.29 is 50.4 Å². The SMILES string of the molecule is COc1cc2c(c(O)c1C(=O)/C=C/c1ccc(OCCCC[N+](C)(C)CC(=O)N(C(C)C)C(C)C)cc1)C=CC(C)(C)O2.[Br-]. The van der Waals surface area contributed by atoms with E-state index in [1.807, 2.05) is 49.1 Å². The summed E-state index contributed by atoms with van der Waals surface area (Å²) < 4.78 is 17.9. The molecule has 2 aromatic carbocycles. The fraction of sp³-hybridized carbons (Fsp3) is 0.486. The van der Waals surface area contributed by atoms with Gasteiger partial charge >= 0.3 is 0 Å². The average Bonchev–Trinajstić information content (AvgIpc) is 2.90. The van der Waals surface area contributed by atoms with Gasteiger partial charge in [-0.15, -0.1) is 0 Å². The smallest absolute Gasteiger partial charge is 0.278 e. The van der Waals surface area contributed by atoms with Crippen molar-refractivity contribution in [3.05, 3.63) is 59.2 Å². The monoisotopic (exact) mass is 672 g/mol. The molecule has 0 fully saturated rings. The summed E-state index contributed by atoms with van der Waals surface area (Å²) in [6, 6.07) is 9.52. The van der Waals surface area contributed by atoms with E-state index in [1.54, 1.807) is 18.2 Å². The van der Waals surface area contributed by atoms with Gasteiger partial charge in [-0.3, -0.25) is 9.59 Å². The number of phenolic OH excluding ortho intramolecular Hbond substituents is 1. The minimum Gasteiger partial charge on any atom is -1.00 e. The molecule has 1 heterocycles. The van der Waals surface area contributed by atoms with Crippen LogP contribution < -0.4 is 31.2 Å². The van der Waals surface area contributed by atoms with E-state index >= 15 is 0 Å². The van der Waals surface area contributed by atoms with Gasteiger partial charge < -0.3 is 45.7 Å². The molecule has 9 heteroatoms. The molecule has 1 aliphatic rings. The number of fused-ring (bicyclic) bond motifs is 1. The number of benzene rings is 2. The summed E-state index contributed by atoms with van der Waals surface area (Å²) in [5, 5.41) is 10.9. The largest absolute Gasteiger partial charge is 1.00 e. The highest BCUT2D eigenvalue weighted by atomic mass is 79.9. The van der Waals surface area contributed by atoms with Gasteiger partial charge in [-0.25, -0.2) is 0 Å². The molecule has 0 saturated carbocycles. The second-order valence-corrected chi connectivity index (χ2v) is 12.9. The van der Waals surface area contributed by atoms with Gasteiger partial charge in [0.25, 0.3) is 5.91 Å². The van der Waals surface area contributed by atoms with E-state index in [9.17, 15) is 14.7 Å². The summed E-state index contributed by atoms with van der Waals surface area (Å²) in [6.07, 6.45) is 8.55. The minimum absolute atomic E-state index is 0. The molecule has 2 aromatic rings. The van der Waals surface area contributed by atoms with E-state index in [1.165, 1.54) is 13.2 Å². The number of amides is 1. The Bertz CT molecular complexity index is 1340. The van der Waals surface area contributed by atoms with Crippen molar-refractivity contribution in [2.24, 2.45) is 0 Å². The Morgan fingerprint density at radius 3 is 2.30 bits per heavy atom. The fourth-order valence-electron chi connectivity index (χ4n) is 5.34. The first-order chi connectivity index (χ1) is 20.1. The summed E-state index contributed by atoms with van der Waals surface area (Å²) >= 11 is 0. The van der Waals surface area contributed by atoms with Crippen LogP contribution in [0.2, 0.25) is 0 Å². The number of quaternary nitrogens is 1. The van der Waals surface area contributed by atoms with Crippen LogP contribution in [0.25, 0.3) is 12.2 Å². The normalized spacial score (nSPS) is 13.8. The summed E-state index contributed by atoms with van der Waals surface area (Å²) in [5.41, 5.74) is 0.849. The molecular formula is C35H49BrN2O6. The number of nitrogens with zero attached hydrogens (tertiary/aromatic N) is 2. The fourth-order valence-corrected chi connectivity index (χ4v) is 5.34. The third-order valence-corrected chi connectivity index (χ3v) is 7.45. The van der Waals surface area contributed by atoms with Crippen molar-refractivity contribution in [3.8, 4) is 23.0 Å². The molecular weight excluding hydrogens is 624 g/mol. The lowest BCUT2D eigenvalue weighted by Crippen LogP contribution is -3.00. The van der Waals surface area contributed by atoms with Crippen LogP contribution in [0.4, 0.5) is 0 Å². The molecule has 3 rings (SSSR count). The van der Waals surface area contributed by atoms with E-state index in [2.05, 4.69) is 41.8 Å². The number of hydrogen-bond acceptors (Lipinski definition) is 6. The van der Waals surface area contributed by atoms with Gasteiger partial charge in [0, 0.05) is 18.2 Å². The Morgan fingerprint density at radius 2 is 1.70 bits per heavy atom. The molecule has 242 valence electrons. The van der Waals surface area contributed by atoms with Crippen molar-refractivity contribution in [1.29, 1.82) is 0 Å². The second kappa shape index (κ2) is 15.6. The van der Waals surface area contributed by atoms with Gasteiger partial charge in [-0.1, -0.05) is 18.2 Å². The zero-order chi connectivity index (χ0) is 31.9. The average molecular weight is 674 g/mol. The van der Waals surface area contributed by atoms with E-state index in [0.717, 1.165) is 30.7 Å². The number of carbonyl (C=O) groups excluding carboxylic acids is 2. The summed E-state index contributed by atoms with van der Waals surface area (Å²) in [5.74, 6) is 1.12. The van der Waals surface area contributed by atoms with Crippen molar-refractivity contribution in [2.45, 2.75) is 72.1 Å². The van der Waals surface area contributed by atoms with Gasteiger partial charge in [0.05, 0.1) is 39.9 Å². The van der Waals surface area contributed by atoms with Crippen molar-refractivity contribution in [2.75, 3.05) is 40.9 Å². The number of carbonyl (C=O) groups is 2. The number of ether oxygens (including phenoxy) is 3. The lowest BCUT2D eigenvalue weighted by molar-refractivity contribution is -0.883. The van der Waals surface area contributed by atoms with Crippen LogP contribution in [-0.2, 0) is 4.79 Å². The maximum Gasteiger partial charge on any atom is 0.278 e. The molecule has 0 aliphatic carbocycles. The maximum absolute atomic E-state index is 13.1. The van der Waals surface area contributed by atoms with Crippen molar-refractivity contribution in [3.63, 3.8) is 0 Å². The van der Waals surface area contributed by atoms with E-state index in [0.29, 0.717) is 28.9 Å². The zero-order valence-electron chi connectivity index (χ0n) is 27.6. The quantitative estimate of drug-likeness (QED) is 0.143. The third-order valence-electron chi connectivity index (χ3n) is 7.45. The predicted octanol–water partition coefficient (Wildman–Crippen LogP) is 3.37. The number of likely N-dealkylation sites (N-methyl/N-ethyl adjacent to an activating group) is 1. The Hall–Kier alpha value is -3.30. The zero-order valence-corrected chi connectivity index (χ0v) is 29.2. The third kappa shape index (κ3) is 9.86. The Labute approximate surface area is 273 Å². The first kappa shape index (κ1) is 36.9. The first-order valence-electron chi connectivity index (χ1n) is 15.0. The van der Waals surface area contributed by atoms with Crippen LogP contribution in [0.5, 0.6) is 23.0 Å². The molecule has 1 N–H and O–H groups in total. The highest BCUT2D eigenvalue weighted by molar-refractivity contribution is 6.11. The molecule has 8 nitrogen and oxygen atoms in total. The van der Waals surface area contributed by atoms with E-state index in [4.69, 9.17) is 14.2 Å². The lowest BCUT2D eigenvalue weighted by atomic mass is 9.97. The van der Waals surface area contributed by atoms with Gasteiger partial charge in [0.15, 0.2) is 12.3 Å². The number of allylic oxidation sites excluding steroid dienone is 1. The van der Waals surface area contributed by atoms with Crippen LogP contribution >= 0.6 is 0 Å². The number of ketones is 1. The van der Waals surface area contributed by atoms with Gasteiger partial charge in [0.2, 0.25) is 0 Å². The van der Waals surface area contributed by atoms with Gasteiger partial charge in [-0.05, 0) is 90.3 Å². The van der Waals surface area contributed by atoms with Crippen LogP contribution in [0.1, 0.15) is 75.9 Å². The van der Waals surface area contributed by atoms with E-state index < -0.39 is 5.60 Å². The number of methoxy groups -OCH3 is 1. The summed E-state index contributed by atoms with van der Waals surface area (Å²) in [7, 11) is 5.66. The van der Waals surface area contributed by atoms with Crippen LogP contribution in [0.3, 0.4) is 0 Å². The molecule has 0 atom stereocenters. The highest BCUT2D eigenvalue weighted by Gasteiger charge is 2.29. The molecule has 0 unspecified atom stereocenters. The summed E-state index contributed by atoms with van der Waals surface area (Å²) in [4.78, 5) is 27.9. The van der Waals surface area contributed by atoms with Crippen LogP contribution in [-0.4, -0.2) is 84.8 Å². The number of aromatic hydroxyl groups is 1. The molecule has 1 aliphatic heterocycles. The molecule has 1 amide bonds. The van der Waals surface area contributed by atoms with E-state index in [-0.39, 0.29) is 57.8 Å². The Kier molecular flexibility index (Phi) is 13.1. The minimum atomic E-state index is -0.521. The number of phenols is 1. The standard InChI is InChI=1S/C35H48N2O6.BrH/c1-24(2)36(25(3)4)32(39)23-37(7,8)20-10-11-21-42-27-15-12-26(13-16-27)14-17-29(38)33-31(41-9)22-30-28(34(33)40)18-19-35(5,6)43-30;/h12-19,22,24-25H,10-11,20-21,23H2,1-9H3;1H/b17-14+;. The second-order valence-electron chi connectivity index (χ2n) is 12.9. The maximum atomic E-state index is 13.1. The predicted molar refractivity (Wildman–Crippen MR) is 172 cm³/mol. The molecule has 0 aromatic heterocycles. The number of halogens is 1. The topological polar surface area (TPSA) is 85.3 Å². The molecule has 44 heavy (non-hydrogen) atoms. The van der Waals surface area contributed by atoms with Gasteiger partial charge in [-0.2, -0.15) is 0 Å². The Balaban J connectivity index is 0.00000675. The van der Waals surface area contributed by atoms with Crippen molar-refractivity contribution >= 4 is 23.8 Å². The number of unbranched alkanes of at least 4 members (excludes halogenated alkanes) is 1. The first-order valence-corrected chi connectivity index (χ1v) is 15.0.